The van der Waals surface area contributed by atoms with Crippen LogP contribution in [-0.4, -0.2) is 23.3 Å². The third kappa shape index (κ3) is 1.19. The van der Waals surface area contributed by atoms with E-state index in [9.17, 15) is 9.59 Å². The third-order valence-electron chi connectivity index (χ3n) is 3.60. The van der Waals surface area contributed by atoms with E-state index in [0.717, 1.165) is 18.4 Å². The number of fused-ring (bicyclic) bond motifs is 4. The minimum Gasteiger partial charge on any atom is -0.282 e. The summed E-state index contributed by atoms with van der Waals surface area (Å²) >= 11 is 1.67. The quantitative estimate of drug-likeness (QED) is 0.696. The van der Waals surface area contributed by atoms with Crippen molar-refractivity contribution in [1.29, 1.82) is 0 Å². The van der Waals surface area contributed by atoms with Gasteiger partial charge in [0, 0.05) is 17.3 Å². The zero-order chi connectivity index (χ0) is 11.3. The number of likely N-dealkylation sites (N-methyl/N-ethyl adjacent to an activating group) is 1. The van der Waals surface area contributed by atoms with E-state index in [1.54, 1.807) is 11.3 Å². The first-order valence-electron chi connectivity index (χ1n) is 5.63. The molecule has 2 aliphatic rings. The van der Waals surface area contributed by atoms with Crippen molar-refractivity contribution in [3.8, 4) is 0 Å². The molecule has 2 unspecified atom stereocenters. The van der Waals surface area contributed by atoms with E-state index in [-0.39, 0.29) is 23.7 Å². The molecule has 0 N–H and O–H groups in total. The topological polar surface area (TPSA) is 37.4 Å². The summed E-state index contributed by atoms with van der Waals surface area (Å²) < 4.78 is 0. The number of piperidine rings is 1. The van der Waals surface area contributed by atoms with Crippen molar-refractivity contribution in [2.75, 3.05) is 6.54 Å². The Morgan fingerprint density at radius 1 is 1.44 bits per heavy atom. The molecule has 0 radical (unpaired) electrons. The van der Waals surface area contributed by atoms with Gasteiger partial charge in [0.15, 0.2) is 0 Å². The molecule has 0 spiro atoms. The van der Waals surface area contributed by atoms with Crippen LogP contribution in [0.25, 0.3) is 0 Å². The van der Waals surface area contributed by atoms with Gasteiger partial charge in [0.1, 0.15) is 0 Å². The third-order valence-corrected chi connectivity index (χ3v) is 4.56. The predicted molar refractivity (Wildman–Crippen MR) is 61.3 cm³/mol. The van der Waals surface area contributed by atoms with Crippen molar-refractivity contribution in [1.82, 2.24) is 4.90 Å². The van der Waals surface area contributed by atoms with Crippen molar-refractivity contribution >= 4 is 23.2 Å². The summed E-state index contributed by atoms with van der Waals surface area (Å²) in [7, 11) is 0. The fourth-order valence-corrected chi connectivity index (χ4v) is 3.82. The maximum absolute atomic E-state index is 12.1. The molecule has 1 fully saturated rings. The van der Waals surface area contributed by atoms with Gasteiger partial charge >= 0.3 is 0 Å². The number of carbonyl (C=O) groups is 2. The first-order chi connectivity index (χ1) is 7.72. The van der Waals surface area contributed by atoms with Gasteiger partial charge in [0.05, 0.1) is 5.92 Å². The zero-order valence-electron chi connectivity index (χ0n) is 9.10. The van der Waals surface area contributed by atoms with Crippen molar-refractivity contribution in [2.24, 2.45) is 5.92 Å². The highest BCUT2D eigenvalue weighted by molar-refractivity contribution is 7.10. The number of imide groups is 1. The van der Waals surface area contributed by atoms with Crippen LogP contribution in [0.4, 0.5) is 0 Å². The van der Waals surface area contributed by atoms with Gasteiger partial charge in [-0.3, -0.25) is 14.5 Å². The highest BCUT2D eigenvalue weighted by atomic mass is 32.1. The maximum atomic E-state index is 12.1. The van der Waals surface area contributed by atoms with Crippen molar-refractivity contribution in [3.63, 3.8) is 0 Å². The van der Waals surface area contributed by atoms with E-state index in [4.69, 9.17) is 0 Å². The molecule has 2 bridgehead atoms. The molecule has 2 heterocycles. The number of carbonyl (C=O) groups excluding carboxylic acids is 2. The smallest absolute Gasteiger partial charge is 0.236 e. The Morgan fingerprint density at radius 3 is 3.00 bits per heavy atom. The lowest BCUT2D eigenvalue weighted by atomic mass is 9.76. The molecule has 1 aliphatic carbocycles. The Balaban J connectivity index is 2.07. The van der Waals surface area contributed by atoms with Crippen LogP contribution in [-0.2, 0) is 16.0 Å². The molecular weight excluding hydrogens is 222 g/mol. The van der Waals surface area contributed by atoms with Gasteiger partial charge in [-0.2, -0.15) is 0 Å². The fraction of sp³-hybridized carbons (Fsp3) is 0.500. The van der Waals surface area contributed by atoms with Gasteiger partial charge in [-0.15, -0.1) is 11.3 Å². The molecule has 1 aliphatic heterocycles. The Labute approximate surface area is 98.1 Å². The van der Waals surface area contributed by atoms with Crippen molar-refractivity contribution < 1.29 is 9.59 Å². The average molecular weight is 235 g/mol. The minimum atomic E-state index is -0.0577. The molecular formula is C12H13NO2S. The van der Waals surface area contributed by atoms with E-state index in [2.05, 4.69) is 0 Å². The number of amides is 2. The minimum absolute atomic E-state index is 0.00287. The summed E-state index contributed by atoms with van der Waals surface area (Å²) in [4.78, 5) is 26.8. The van der Waals surface area contributed by atoms with E-state index in [0.29, 0.717) is 6.54 Å². The molecule has 3 rings (SSSR count). The normalized spacial score (nSPS) is 28.2. The first kappa shape index (κ1) is 10.0. The molecule has 2 amide bonds. The van der Waals surface area contributed by atoms with Gasteiger partial charge in [0.25, 0.3) is 0 Å². The van der Waals surface area contributed by atoms with Gasteiger partial charge in [-0.1, -0.05) is 0 Å². The van der Waals surface area contributed by atoms with E-state index in [1.807, 2.05) is 18.4 Å². The summed E-state index contributed by atoms with van der Waals surface area (Å²) in [6, 6.07) is 2.04. The van der Waals surface area contributed by atoms with Gasteiger partial charge < -0.3 is 0 Å². The molecule has 0 aromatic carbocycles. The lowest BCUT2D eigenvalue weighted by molar-refractivity contribution is -0.153. The predicted octanol–water partition coefficient (Wildman–Crippen LogP) is 1.78. The Kier molecular flexibility index (Phi) is 2.14. The monoisotopic (exact) mass is 235 g/mol. The van der Waals surface area contributed by atoms with Crippen LogP contribution < -0.4 is 0 Å². The lowest BCUT2D eigenvalue weighted by Gasteiger charge is -2.38. The highest BCUT2D eigenvalue weighted by Crippen LogP contribution is 2.42. The number of nitrogens with zero attached hydrogens (tertiary/aromatic N) is 1. The number of rotatable bonds is 1. The van der Waals surface area contributed by atoms with Crippen LogP contribution in [0.3, 0.4) is 0 Å². The Bertz CT molecular complexity index is 465. The Morgan fingerprint density at radius 2 is 2.25 bits per heavy atom. The second kappa shape index (κ2) is 3.42. The molecule has 16 heavy (non-hydrogen) atoms. The SMILES string of the molecule is CCN1C(=O)C2Cc3sccc3C(C2)C1=O. The molecule has 1 aromatic rings. The van der Waals surface area contributed by atoms with Crippen LogP contribution in [0.15, 0.2) is 11.4 Å². The average Bonchev–Trinajstić information content (AvgIpc) is 2.74. The number of likely N-dealkylation sites (tertiary alicyclic amines) is 1. The molecule has 2 atom stereocenters. The summed E-state index contributed by atoms with van der Waals surface area (Å²) in [5.74, 6) is 0.0114. The van der Waals surface area contributed by atoms with Crippen LogP contribution in [0, 0.1) is 5.92 Å². The fourth-order valence-electron chi connectivity index (χ4n) is 2.80. The zero-order valence-corrected chi connectivity index (χ0v) is 9.92. The van der Waals surface area contributed by atoms with Crippen molar-refractivity contribution in [3.05, 3.63) is 21.9 Å². The summed E-state index contributed by atoms with van der Waals surface area (Å²) in [6.45, 7) is 2.37. The second-order valence-corrected chi connectivity index (χ2v) is 5.41. The van der Waals surface area contributed by atoms with Crippen LogP contribution in [0.1, 0.15) is 29.7 Å². The summed E-state index contributed by atoms with van der Waals surface area (Å²) in [5, 5.41) is 2.03. The number of thiophene rings is 1. The van der Waals surface area contributed by atoms with E-state index < -0.39 is 0 Å². The molecule has 3 nitrogen and oxygen atoms in total. The standard InChI is InChI=1S/C12H13NO2S/c1-2-13-11(14)7-5-9(12(13)15)8-3-4-16-10(8)6-7/h3-4,7,9H,2,5-6H2,1H3. The highest BCUT2D eigenvalue weighted by Gasteiger charge is 2.44. The second-order valence-electron chi connectivity index (χ2n) is 4.41. The van der Waals surface area contributed by atoms with Crippen LogP contribution in [0.2, 0.25) is 0 Å². The molecule has 1 aromatic heterocycles. The largest absolute Gasteiger partial charge is 0.282 e. The van der Waals surface area contributed by atoms with Crippen molar-refractivity contribution in [2.45, 2.75) is 25.7 Å². The van der Waals surface area contributed by atoms with Gasteiger partial charge in [-0.05, 0) is 36.8 Å². The molecule has 84 valence electrons. The van der Waals surface area contributed by atoms with Gasteiger partial charge in [0.2, 0.25) is 11.8 Å². The maximum Gasteiger partial charge on any atom is 0.236 e. The number of hydrogen-bond acceptors (Lipinski definition) is 3. The van der Waals surface area contributed by atoms with E-state index in [1.165, 1.54) is 9.78 Å². The van der Waals surface area contributed by atoms with Crippen LogP contribution in [0.5, 0.6) is 0 Å². The molecule has 4 heteroatoms. The Hall–Kier alpha value is -1.16. The number of hydrogen-bond donors (Lipinski definition) is 0. The lowest BCUT2D eigenvalue weighted by Crippen LogP contribution is -2.50. The molecule has 0 saturated carbocycles. The summed E-state index contributed by atoms with van der Waals surface area (Å²) in [5.41, 5.74) is 1.16. The first-order valence-corrected chi connectivity index (χ1v) is 6.51. The van der Waals surface area contributed by atoms with Crippen LogP contribution >= 0.6 is 11.3 Å². The van der Waals surface area contributed by atoms with Gasteiger partial charge in [-0.25, -0.2) is 0 Å². The van der Waals surface area contributed by atoms with E-state index >= 15 is 0 Å². The molecule has 1 saturated heterocycles. The summed E-state index contributed by atoms with van der Waals surface area (Å²) in [6.07, 6.45) is 1.55.